The molecular formula is C12H20N6O2. The lowest BCUT2D eigenvalue weighted by Crippen LogP contribution is -2.38. The Bertz CT molecular complexity index is 475. The van der Waals surface area contributed by atoms with E-state index in [1.54, 1.807) is 0 Å². The molecule has 0 unspecified atom stereocenters. The Balaban J connectivity index is 2.40. The maximum absolute atomic E-state index is 11.3. The van der Waals surface area contributed by atoms with Crippen LogP contribution >= 0.6 is 0 Å². The highest BCUT2D eigenvalue weighted by Crippen LogP contribution is 2.34. The first-order chi connectivity index (χ1) is 9.69. The number of aromatic nitrogens is 2. The van der Waals surface area contributed by atoms with Gasteiger partial charge < -0.3 is 10.3 Å². The van der Waals surface area contributed by atoms with Gasteiger partial charge in [0.25, 0.3) is 0 Å². The summed E-state index contributed by atoms with van der Waals surface area (Å²) in [5.74, 6) is 5.72. The van der Waals surface area contributed by atoms with Gasteiger partial charge in [0.05, 0.1) is 4.92 Å². The Morgan fingerprint density at radius 2 is 2.15 bits per heavy atom. The summed E-state index contributed by atoms with van der Waals surface area (Å²) in [6.45, 7) is 2.66. The molecule has 3 N–H and O–H groups in total. The Hall–Kier alpha value is -1.96. The van der Waals surface area contributed by atoms with Crippen LogP contribution in [-0.2, 0) is 0 Å². The summed E-state index contributed by atoms with van der Waals surface area (Å²) in [5, 5.41) is 11.3. The molecule has 8 heteroatoms. The van der Waals surface area contributed by atoms with E-state index in [9.17, 15) is 10.1 Å². The second-order valence-electron chi connectivity index (χ2n) is 4.87. The number of anilines is 2. The summed E-state index contributed by atoms with van der Waals surface area (Å²) in [7, 11) is 0. The predicted octanol–water partition coefficient (Wildman–Crippen LogP) is 1.83. The van der Waals surface area contributed by atoms with Gasteiger partial charge in [0.15, 0.2) is 0 Å². The van der Waals surface area contributed by atoms with Gasteiger partial charge in [-0.15, -0.1) is 0 Å². The molecule has 8 nitrogen and oxygen atoms in total. The number of nitrogens with one attached hydrogen (secondary N) is 1. The largest absolute Gasteiger partial charge is 0.354 e. The van der Waals surface area contributed by atoms with Gasteiger partial charge in [0, 0.05) is 12.6 Å². The normalized spacial score (nSPS) is 15.9. The number of nitrogen functional groups attached to an aromatic ring is 1. The standard InChI is InChI=1S/C12H20N6O2/c1-2-17(9-6-4-3-5-7-9)12-10(18(19)20)11(16-13)14-8-15-12/h8-9H,2-7,13H2,1H3,(H,14,15,16). The van der Waals surface area contributed by atoms with Crippen molar-refractivity contribution in [3.8, 4) is 0 Å². The molecule has 1 fully saturated rings. The number of hydrazine groups is 1. The molecule has 110 valence electrons. The van der Waals surface area contributed by atoms with E-state index in [0.717, 1.165) is 25.7 Å². The third-order valence-electron chi connectivity index (χ3n) is 3.75. The molecule has 0 aliphatic heterocycles. The molecule has 2 rings (SSSR count). The van der Waals surface area contributed by atoms with Gasteiger partial charge in [-0.3, -0.25) is 10.1 Å². The highest BCUT2D eigenvalue weighted by molar-refractivity contribution is 5.70. The van der Waals surface area contributed by atoms with Crippen LogP contribution in [0.3, 0.4) is 0 Å². The predicted molar refractivity (Wildman–Crippen MR) is 76.4 cm³/mol. The van der Waals surface area contributed by atoms with E-state index in [2.05, 4.69) is 15.4 Å². The second-order valence-corrected chi connectivity index (χ2v) is 4.87. The number of hydrogen-bond acceptors (Lipinski definition) is 7. The van der Waals surface area contributed by atoms with Crippen molar-refractivity contribution >= 4 is 17.3 Å². The van der Waals surface area contributed by atoms with Crippen LogP contribution in [0.5, 0.6) is 0 Å². The minimum atomic E-state index is -0.476. The van der Waals surface area contributed by atoms with Crippen LogP contribution in [0.4, 0.5) is 17.3 Å². The van der Waals surface area contributed by atoms with Gasteiger partial charge in [-0.05, 0) is 19.8 Å². The van der Waals surface area contributed by atoms with Crippen molar-refractivity contribution in [1.29, 1.82) is 0 Å². The molecule has 0 aromatic carbocycles. The van der Waals surface area contributed by atoms with Crippen LogP contribution < -0.4 is 16.2 Å². The minimum Gasteiger partial charge on any atom is -0.348 e. The van der Waals surface area contributed by atoms with Gasteiger partial charge in [-0.2, -0.15) is 0 Å². The number of nitrogens with zero attached hydrogens (tertiary/aromatic N) is 4. The van der Waals surface area contributed by atoms with Gasteiger partial charge in [-0.25, -0.2) is 15.8 Å². The third-order valence-corrected chi connectivity index (χ3v) is 3.75. The van der Waals surface area contributed by atoms with Crippen molar-refractivity contribution in [2.75, 3.05) is 16.9 Å². The van der Waals surface area contributed by atoms with Gasteiger partial charge in [-0.1, -0.05) is 19.3 Å². The molecule has 0 atom stereocenters. The monoisotopic (exact) mass is 280 g/mol. The molecule has 0 radical (unpaired) electrons. The summed E-state index contributed by atoms with van der Waals surface area (Å²) in [5.41, 5.74) is 2.13. The smallest absolute Gasteiger partial charge is 0.348 e. The third kappa shape index (κ3) is 2.79. The Morgan fingerprint density at radius 3 is 2.70 bits per heavy atom. The van der Waals surface area contributed by atoms with Crippen molar-refractivity contribution in [3.05, 3.63) is 16.4 Å². The van der Waals surface area contributed by atoms with Crippen molar-refractivity contribution < 1.29 is 4.92 Å². The van der Waals surface area contributed by atoms with Crippen molar-refractivity contribution in [2.24, 2.45) is 5.84 Å². The van der Waals surface area contributed by atoms with Gasteiger partial charge in [0.1, 0.15) is 6.33 Å². The lowest BCUT2D eigenvalue weighted by molar-refractivity contribution is -0.383. The number of hydrogen-bond donors (Lipinski definition) is 2. The first kappa shape index (κ1) is 14.4. The molecule has 1 heterocycles. The highest BCUT2D eigenvalue weighted by Gasteiger charge is 2.30. The molecule has 1 aliphatic carbocycles. The Kier molecular flexibility index (Phi) is 4.67. The maximum atomic E-state index is 11.3. The quantitative estimate of drug-likeness (QED) is 0.481. The fourth-order valence-corrected chi connectivity index (χ4v) is 2.83. The zero-order valence-electron chi connectivity index (χ0n) is 11.6. The molecule has 1 aromatic heterocycles. The van der Waals surface area contributed by atoms with E-state index < -0.39 is 4.92 Å². The maximum Gasteiger partial charge on any atom is 0.354 e. The molecule has 1 aliphatic rings. The van der Waals surface area contributed by atoms with Crippen LogP contribution in [0.25, 0.3) is 0 Å². The van der Waals surface area contributed by atoms with Gasteiger partial charge >= 0.3 is 5.69 Å². The molecule has 20 heavy (non-hydrogen) atoms. The van der Waals surface area contributed by atoms with E-state index in [4.69, 9.17) is 5.84 Å². The summed E-state index contributed by atoms with van der Waals surface area (Å²) in [6.07, 6.45) is 6.93. The van der Waals surface area contributed by atoms with Crippen LogP contribution in [0.2, 0.25) is 0 Å². The van der Waals surface area contributed by atoms with E-state index in [-0.39, 0.29) is 11.5 Å². The molecule has 0 amide bonds. The van der Waals surface area contributed by atoms with E-state index >= 15 is 0 Å². The number of nitrogens with two attached hydrogens (primary N) is 1. The number of nitro groups is 1. The minimum absolute atomic E-state index is 0.0502. The van der Waals surface area contributed by atoms with E-state index in [0.29, 0.717) is 18.4 Å². The summed E-state index contributed by atoms with van der Waals surface area (Å²) in [4.78, 5) is 20.8. The van der Waals surface area contributed by atoms with E-state index in [1.807, 2.05) is 11.8 Å². The van der Waals surface area contributed by atoms with Crippen LogP contribution in [0.1, 0.15) is 39.0 Å². The zero-order valence-corrected chi connectivity index (χ0v) is 11.6. The second kappa shape index (κ2) is 6.47. The average molecular weight is 280 g/mol. The molecule has 0 spiro atoms. The molecule has 0 saturated heterocycles. The average Bonchev–Trinajstić information content (AvgIpc) is 2.48. The fourth-order valence-electron chi connectivity index (χ4n) is 2.83. The van der Waals surface area contributed by atoms with Crippen molar-refractivity contribution in [2.45, 2.75) is 45.1 Å². The van der Waals surface area contributed by atoms with E-state index in [1.165, 1.54) is 12.7 Å². The Morgan fingerprint density at radius 1 is 1.45 bits per heavy atom. The molecular weight excluding hydrogens is 260 g/mol. The summed E-state index contributed by atoms with van der Waals surface area (Å²) < 4.78 is 0. The van der Waals surface area contributed by atoms with Crippen molar-refractivity contribution in [3.63, 3.8) is 0 Å². The summed E-state index contributed by atoms with van der Waals surface area (Å²) >= 11 is 0. The van der Waals surface area contributed by atoms with Crippen LogP contribution in [-0.4, -0.2) is 27.5 Å². The van der Waals surface area contributed by atoms with Gasteiger partial charge in [0.2, 0.25) is 11.6 Å². The molecule has 1 aromatic rings. The SMILES string of the molecule is CCN(c1ncnc(NN)c1[N+](=O)[O-])C1CCCCC1. The highest BCUT2D eigenvalue weighted by atomic mass is 16.6. The molecule has 0 bridgehead atoms. The topological polar surface area (TPSA) is 110 Å². The van der Waals surface area contributed by atoms with Crippen molar-refractivity contribution in [1.82, 2.24) is 9.97 Å². The number of rotatable bonds is 5. The molecule has 1 saturated carbocycles. The lowest BCUT2D eigenvalue weighted by Gasteiger charge is -2.34. The van der Waals surface area contributed by atoms with Crippen LogP contribution in [0, 0.1) is 10.1 Å². The first-order valence-corrected chi connectivity index (χ1v) is 6.91. The zero-order chi connectivity index (χ0) is 14.5. The fraction of sp³-hybridized carbons (Fsp3) is 0.667. The Labute approximate surface area is 117 Å². The summed E-state index contributed by atoms with van der Waals surface area (Å²) in [6, 6.07) is 0.299. The van der Waals surface area contributed by atoms with Crippen LogP contribution in [0.15, 0.2) is 6.33 Å². The first-order valence-electron chi connectivity index (χ1n) is 6.91. The lowest BCUT2D eigenvalue weighted by atomic mass is 9.94.